The van der Waals surface area contributed by atoms with Crippen LogP contribution in [0.5, 0.6) is 5.75 Å². The Balaban J connectivity index is 1.77. The zero-order valence-electron chi connectivity index (χ0n) is 15.3. The van der Waals surface area contributed by atoms with Crippen molar-refractivity contribution in [1.82, 2.24) is 4.98 Å². The first-order valence-corrected chi connectivity index (χ1v) is 8.82. The van der Waals surface area contributed by atoms with Gasteiger partial charge in [0.2, 0.25) is 0 Å². The van der Waals surface area contributed by atoms with Crippen molar-refractivity contribution in [1.29, 1.82) is 0 Å². The van der Waals surface area contributed by atoms with E-state index in [2.05, 4.69) is 15.6 Å². The van der Waals surface area contributed by atoms with Gasteiger partial charge in [-0.05, 0) is 55.0 Å². The van der Waals surface area contributed by atoms with Crippen molar-refractivity contribution < 1.29 is 14.3 Å². The first-order chi connectivity index (χ1) is 13.5. The van der Waals surface area contributed by atoms with Gasteiger partial charge in [0.1, 0.15) is 5.75 Å². The van der Waals surface area contributed by atoms with Crippen LogP contribution in [0.15, 0.2) is 60.9 Å². The summed E-state index contributed by atoms with van der Waals surface area (Å²) in [5, 5.41) is 6.10. The number of ether oxygens (including phenoxy) is 1. The summed E-state index contributed by atoms with van der Waals surface area (Å²) >= 11 is 5.84. The standard InChI is InChI=1S/C21H18ClN3O3/c1-13-3-8-19(28-2)18(9-13)25-21(27)15-10-14(11-23-12-15)20(26)24-17-6-4-16(22)5-7-17/h3-12H,1-2H3,(H,24,26)(H,25,27). The second-order valence-electron chi connectivity index (χ2n) is 6.08. The first kappa shape index (κ1) is 19.4. The number of anilines is 2. The van der Waals surface area contributed by atoms with E-state index in [1.54, 1.807) is 36.4 Å². The molecule has 0 unspecified atom stereocenters. The molecule has 1 heterocycles. The molecule has 0 bridgehead atoms. The highest BCUT2D eigenvalue weighted by atomic mass is 35.5. The van der Waals surface area contributed by atoms with Crippen LogP contribution < -0.4 is 15.4 Å². The molecule has 28 heavy (non-hydrogen) atoms. The van der Waals surface area contributed by atoms with E-state index in [0.717, 1.165) is 5.56 Å². The van der Waals surface area contributed by atoms with Crippen LogP contribution >= 0.6 is 11.6 Å². The van der Waals surface area contributed by atoms with Crippen molar-refractivity contribution in [3.63, 3.8) is 0 Å². The van der Waals surface area contributed by atoms with Crippen LogP contribution in [-0.4, -0.2) is 23.9 Å². The van der Waals surface area contributed by atoms with Crippen LogP contribution in [0.4, 0.5) is 11.4 Å². The third-order valence-corrected chi connectivity index (χ3v) is 4.22. The minimum absolute atomic E-state index is 0.257. The molecule has 2 N–H and O–H groups in total. The molecule has 7 heteroatoms. The molecule has 6 nitrogen and oxygen atoms in total. The predicted octanol–water partition coefficient (Wildman–Crippen LogP) is 4.56. The van der Waals surface area contributed by atoms with Crippen LogP contribution in [0.2, 0.25) is 5.02 Å². The lowest BCUT2D eigenvalue weighted by Crippen LogP contribution is -2.16. The number of halogens is 1. The Kier molecular flexibility index (Phi) is 5.91. The highest BCUT2D eigenvalue weighted by Gasteiger charge is 2.14. The molecule has 0 fully saturated rings. The van der Waals surface area contributed by atoms with E-state index in [0.29, 0.717) is 22.1 Å². The van der Waals surface area contributed by atoms with Crippen LogP contribution in [0.25, 0.3) is 0 Å². The first-order valence-electron chi connectivity index (χ1n) is 8.44. The van der Waals surface area contributed by atoms with E-state index in [1.807, 2.05) is 13.0 Å². The van der Waals surface area contributed by atoms with Crippen LogP contribution in [0.3, 0.4) is 0 Å². The quantitative estimate of drug-likeness (QED) is 0.663. The van der Waals surface area contributed by atoms with Crippen molar-refractivity contribution in [2.75, 3.05) is 17.7 Å². The van der Waals surface area contributed by atoms with E-state index in [-0.39, 0.29) is 17.0 Å². The molecule has 0 aliphatic carbocycles. The van der Waals surface area contributed by atoms with Gasteiger partial charge >= 0.3 is 0 Å². The number of hydrogen-bond acceptors (Lipinski definition) is 4. The molecule has 3 rings (SSSR count). The van der Waals surface area contributed by atoms with E-state index in [9.17, 15) is 9.59 Å². The molecule has 142 valence electrons. The second-order valence-corrected chi connectivity index (χ2v) is 6.52. The average Bonchev–Trinajstić information content (AvgIpc) is 2.70. The summed E-state index contributed by atoms with van der Waals surface area (Å²) in [5.74, 6) is -0.223. The fourth-order valence-corrected chi connectivity index (χ4v) is 2.66. The van der Waals surface area contributed by atoms with E-state index in [4.69, 9.17) is 16.3 Å². The van der Waals surface area contributed by atoms with E-state index >= 15 is 0 Å². The molecule has 2 amide bonds. The third kappa shape index (κ3) is 4.66. The van der Waals surface area contributed by atoms with Crippen LogP contribution in [0.1, 0.15) is 26.3 Å². The van der Waals surface area contributed by atoms with Gasteiger partial charge in [0.25, 0.3) is 11.8 Å². The zero-order chi connectivity index (χ0) is 20.1. The molecule has 0 aliphatic rings. The fraction of sp³-hybridized carbons (Fsp3) is 0.0952. The molecule has 0 aliphatic heterocycles. The molecule has 2 aromatic carbocycles. The Morgan fingerprint density at radius 1 is 0.929 bits per heavy atom. The van der Waals surface area contributed by atoms with Gasteiger partial charge in [0.15, 0.2) is 0 Å². The Hall–Kier alpha value is -3.38. The highest BCUT2D eigenvalue weighted by molar-refractivity contribution is 6.30. The second kappa shape index (κ2) is 8.54. The number of hydrogen-bond donors (Lipinski definition) is 2. The lowest BCUT2D eigenvalue weighted by molar-refractivity contribution is 0.102. The number of rotatable bonds is 5. The number of methoxy groups -OCH3 is 1. The Labute approximate surface area is 167 Å². The number of aromatic nitrogens is 1. The van der Waals surface area contributed by atoms with E-state index < -0.39 is 5.91 Å². The van der Waals surface area contributed by atoms with Crippen molar-refractivity contribution in [2.45, 2.75) is 6.92 Å². The van der Waals surface area contributed by atoms with Gasteiger partial charge in [0.05, 0.1) is 23.9 Å². The molecular formula is C21H18ClN3O3. The molecule has 0 atom stereocenters. The van der Waals surface area contributed by atoms with Gasteiger partial charge < -0.3 is 15.4 Å². The van der Waals surface area contributed by atoms with Crippen molar-refractivity contribution in [2.24, 2.45) is 0 Å². The number of carbonyl (C=O) groups is 2. The molecule has 3 aromatic rings. The number of benzene rings is 2. The molecular weight excluding hydrogens is 378 g/mol. The maximum atomic E-state index is 12.6. The van der Waals surface area contributed by atoms with Gasteiger partial charge in [-0.3, -0.25) is 14.6 Å². The maximum absolute atomic E-state index is 12.6. The maximum Gasteiger partial charge on any atom is 0.257 e. The fourth-order valence-electron chi connectivity index (χ4n) is 2.54. The van der Waals surface area contributed by atoms with Crippen molar-refractivity contribution in [3.05, 3.63) is 82.6 Å². The molecule has 0 spiro atoms. The molecule has 0 radical (unpaired) electrons. The summed E-state index contributed by atoms with van der Waals surface area (Å²) in [7, 11) is 1.53. The summed E-state index contributed by atoms with van der Waals surface area (Å²) in [4.78, 5) is 29.1. The van der Waals surface area contributed by atoms with Gasteiger partial charge in [-0.15, -0.1) is 0 Å². The molecule has 0 saturated heterocycles. The smallest absolute Gasteiger partial charge is 0.257 e. The number of nitrogens with one attached hydrogen (secondary N) is 2. The average molecular weight is 396 g/mol. The lowest BCUT2D eigenvalue weighted by atomic mass is 10.1. The van der Waals surface area contributed by atoms with Gasteiger partial charge in [0, 0.05) is 23.1 Å². The number of amides is 2. The predicted molar refractivity (Wildman–Crippen MR) is 109 cm³/mol. The summed E-state index contributed by atoms with van der Waals surface area (Å²) in [6, 6.07) is 13.7. The van der Waals surface area contributed by atoms with Gasteiger partial charge in [-0.2, -0.15) is 0 Å². The topological polar surface area (TPSA) is 80.3 Å². The minimum atomic E-state index is -0.391. The van der Waals surface area contributed by atoms with Crippen molar-refractivity contribution in [3.8, 4) is 5.75 Å². The summed E-state index contributed by atoms with van der Waals surface area (Å²) in [5.41, 5.74) is 2.63. The van der Waals surface area contributed by atoms with E-state index in [1.165, 1.54) is 25.6 Å². The molecule has 0 saturated carbocycles. The summed E-state index contributed by atoms with van der Waals surface area (Å²) in [6.45, 7) is 1.92. The SMILES string of the molecule is COc1ccc(C)cc1NC(=O)c1cncc(C(=O)Nc2ccc(Cl)cc2)c1. The third-order valence-electron chi connectivity index (χ3n) is 3.97. The normalized spacial score (nSPS) is 10.2. The minimum Gasteiger partial charge on any atom is -0.495 e. The van der Waals surface area contributed by atoms with Gasteiger partial charge in [-0.1, -0.05) is 17.7 Å². The zero-order valence-corrected chi connectivity index (χ0v) is 16.1. The number of carbonyl (C=O) groups excluding carboxylic acids is 2. The lowest BCUT2D eigenvalue weighted by Gasteiger charge is -2.11. The highest BCUT2D eigenvalue weighted by Crippen LogP contribution is 2.25. The molecule has 1 aromatic heterocycles. The number of pyridine rings is 1. The summed E-state index contributed by atoms with van der Waals surface area (Å²) < 4.78 is 5.27. The Morgan fingerprint density at radius 2 is 1.57 bits per heavy atom. The largest absolute Gasteiger partial charge is 0.495 e. The van der Waals surface area contributed by atoms with Crippen LogP contribution in [-0.2, 0) is 0 Å². The number of nitrogens with zero attached hydrogens (tertiary/aromatic N) is 1. The number of aryl methyl sites for hydroxylation is 1. The van der Waals surface area contributed by atoms with Gasteiger partial charge in [-0.25, -0.2) is 0 Å². The summed E-state index contributed by atoms with van der Waals surface area (Å²) in [6.07, 6.45) is 2.80. The van der Waals surface area contributed by atoms with Crippen molar-refractivity contribution >= 4 is 34.8 Å². The Bertz CT molecular complexity index is 1020. The van der Waals surface area contributed by atoms with Crippen LogP contribution in [0, 0.1) is 6.92 Å². The Morgan fingerprint density at radius 3 is 2.21 bits per heavy atom. The monoisotopic (exact) mass is 395 g/mol.